The zero-order valence-electron chi connectivity index (χ0n) is 17.5. The van der Waals surface area contributed by atoms with Gasteiger partial charge < -0.3 is 19.4 Å². The molecule has 1 aliphatic rings. The summed E-state index contributed by atoms with van der Waals surface area (Å²) in [7, 11) is 0. The van der Waals surface area contributed by atoms with Crippen LogP contribution in [0.1, 0.15) is 59.2 Å². The number of aromatic nitrogens is 2. The van der Waals surface area contributed by atoms with Gasteiger partial charge in [-0.3, -0.25) is 10.1 Å². The third-order valence-electron chi connectivity index (χ3n) is 4.71. The van der Waals surface area contributed by atoms with Crippen molar-refractivity contribution in [1.29, 1.82) is 0 Å². The fraction of sp³-hybridized carbons (Fsp3) is 0.600. The minimum Gasteiger partial charge on any atom is -0.483 e. The van der Waals surface area contributed by atoms with Crippen LogP contribution in [0, 0.1) is 10.1 Å². The number of H-pyrrole nitrogens is 1. The maximum atomic E-state index is 12.2. The number of benzene rings is 1. The highest BCUT2D eigenvalue weighted by Gasteiger charge is 2.29. The van der Waals surface area contributed by atoms with Gasteiger partial charge in [0.1, 0.15) is 17.5 Å². The van der Waals surface area contributed by atoms with Crippen LogP contribution in [0.5, 0.6) is 5.75 Å². The van der Waals surface area contributed by atoms with E-state index in [1.165, 1.54) is 6.07 Å². The molecule has 9 heteroatoms. The van der Waals surface area contributed by atoms with E-state index in [0.717, 1.165) is 5.82 Å². The quantitative estimate of drug-likeness (QED) is 0.598. The molecular weight excluding hydrogens is 376 g/mol. The Morgan fingerprint density at radius 3 is 2.52 bits per heavy atom. The third-order valence-corrected chi connectivity index (χ3v) is 4.71. The number of rotatable bonds is 4. The van der Waals surface area contributed by atoms with Gasteiger partial charge in [-0.15, -0.1) is 0 Å². The minimum atomic E-state index is -0.542. The number of ether oxygens (including phenoxy) is 2. The number of nitro benzene ring substituents is 1. The number of amides is 1. The highest BCUT2D eigenvalue weighted by Crippen LogP contribution is 2.34. The number of likely N-dealkylation sites (tertiary alicyclic amines) is 1. The Hall–Kier alpha value is -2.84. The van der Waals surface area contributed by atoms with E-state index in [2.05, 4.69) is 9.97 Å². The normalized spacial score (nSPS) is 15.7. The number of nitro groups is 1. The minimum absolute atomic E-state index is 0.103. The van der Waals surface area contributed by atoms with Gasteiger partial charge >= 0.3 is 11.8 Å². The van der Waals surface area contributed by atoms with E-state index in [0.29, 0.717) is 37.0 Å². The van der Waals surface area contributed by atoms with Gasteiger partial charge in [0.15, 0.2) is 5.75 Å². The summed E-state index contributed by atoms with van der Waals surface area (Å²) in [5, 5.41) is 11.5. The number of nitrogens with zero attached hydrogens (tertiary/aromatic N) is 3. The van der Waals surface area contributed by atoms with Crippen molar-refractivity contribution in [3.8, 4) is 5.75 Å². The lowest BCUT2D eigenvalue weighted by Crippen LogP contribution is -2.44. The van der Waals surface area contributed by atoms with Crippen molar-refractivity contribution in [3.05, 3.63) is 28.1 Å². The van der Waals surface area contributed by atoms with E-state index in [1.807, 2.05) is 34.6 Å². The van der Waals surface area contributed by atoms with Crippen LogP contribution in [0.15, 0.2) is 12.1 Å². The van der Waals surface area contributed by atoms with Gasteiger partial charge in [0.25, 0.3) is 0 Å². The maximum Gasteiger partial charge on any atom is 0.410 e. The van der Waals surface area contributed by atoms with Crippen molar-refractivity contribution >= 4 is 22.8 Å². The van der Waals surface area contributed by atoms with Gasteiger partial charge in [-0.1, -0.05) is 13.8 Å². The Bertz CT molecular complexity index is 907. The van der Waals surface area contributed by atoms with Crippen LogP contribution in [-0.4, -0.2) is 50.7 Å². The Morgan fingerprint density at radius 1 is 1.31 bits per heavy atom. The number of carbonyl (C=O) groups is 1. The number of aromatic amines is 1. The molecule has 158 valence electrons. The summed E-state index contributed by atoms with van der Waals surface area (Å²) < 4.78 is 11.4. The molecule has 0 unspecified atom stereocenters. The first-order valence-electron chi connectivity index (χ1n) is 9.86. The first-order chi connectivity index (χ1) is 13.5. The molecule has 9 nitrogen and oxygen atoms in total. The standard InChI is InChI=1S/C20H28N4O5/c1-12(2)18-21-14-10-16(24(26)27)17(11-15(14)22-18)28-13-6-8-23(9-7-13)19(25)29-20(3,4)5/h10-13H,6-9H2,1-5H3,(H,21,22). The molecule has 1 aliphatic heterocycles. The van der Waals surface area contributed by atoms with Crippen LogP contribution in [0.2, 0.25) is 0 Å². The van der Waals surface area contributed by atoms with Crippen LogP contribution in [0.25, 0.3) is 11.0 Å². The fourth-order valence-corrected chi connectivity index (χ4v) is 3.22. The molecule has 1 aromatic heterocycles. The van der Waals surface area contributed by atoms with Crippen LogP contribution >= 0.6 is 0 Å². The van der Waals surface area contributed by atoms with Crippen LogP contribution in [0.3, 0.4) is 0 Å². The second-order valence-corrected chi connectivity index (χ2v) is 8.66. The van der Waals surface area contributed by atoms with Crippen LogP contribution in [-0.2, 0) is 4.74 Å². The molecule has 1 N–H and O–H groups in total. The summed E-state index contributed by atoms with van der Waals surface area (Å²) in [6.07, 6.45) is 0.600. The molecule has 0 atom stereocenters. The van der Waals surface area contributed by atoms with Gasteiger partial charge in [0.2, 0.25) is 0 Å². The number of imidazole rings is 1. The summed E-state index contributed by atoms with van der Waals surface area (Å²) in [6.45, 7) is 10.5. The summed E-state index contributed by atoms with van der Waals surface area (Å²) in [5.74, 6) is 1.18. The fourth-order valence-electron chi connectivity index (χ4n) is 3.22. The first kappa shape index (κ1) is 20.9. The van der Waals surface area contributed by atoms with Crippen molar-refractivity contribution < 1.29 is 19.2 Å². The third kappa shape index (κ3) is 4.96. The molecule has 0 bridgehead atoms. The summed E-state index contributed by atoms with van der Waals surface area (Å²) in [4.78, 5) is 32.6. The van der Waals surface area contributed by atoms with Gasteiger partial charge in [0.05, 0.1) is 16.0 Å². The average molecular weight is 404 g/mol. The first-order valence-corrected chi connectivity index (χ1v) is 9.86. The Kier molecular flexibility index (Phi) is 5.68. The van der Waals surface area contributed by atoms with Crippen molar-refractivity contribution in [2.24, 2.45) is 0 Å². The van der Waals surface area contributed by atoms with Gasteiger partial charge in [-0.2, -0.15) is 0 Å². The molecule has 0 aliphatic carbocycles. The molecular formula is C20H28N4O5. The molecule has 0 radical (unpaired) electrons. The number of nitrogens with one attached hydrogen (secondary N) is 1. The van der Waals surface area contributed by atoms with Crippen molar-refractivity contribution in [2.45, 2.75) is 65.1 Å². The zero-order valence-corrected chi connectivity index (χ0v) is 17.5. The van der Waals surface area contributed by atoms with E-state index in [1.54, 1.807) is 11.0 Å². The van der Waals surface area contributed by atoms with Crippen molar-refractivity contribution in [2.75, 3.05) is 13.1 Å². The largest absolute Gasteiger partial charge is 0.483 e. The zero-order chi connectivity index (χ0) is 21.3. The second-order valence-electron chi connectivity index (χ2n) is 8.66. The highest BCUT2D eigenvalue weighted by atomic mass is 16.6. The van der Waals surface area contributed by atoms with Crippen molar-refractivity contribution in [1.82, 2.24) is 14.9 Å². The number of hydrogen-bond donors (Lipinski definition) is 1. The smallest absolute Gasteiger partial charge is 0.410 e. The maximum absolute atomic E-state index is 12.2. The van der Waals surface area contributed by atoms with Gasteiger partial charge in [0, 0.05) is 44.0 Å². The molecule has 29 heavy (non-hydrogen) atoms. The molecule has 3 rings (SSSR count). The molecule has 1 aromatic carbocycles. The number of fused-ring (bicyclic) bond motifs is 1. The molecule has 0 spiro atoms. The second kappa shape index (κ2) is 7.88. The SMILES string of the molecule is CC(C)c1nc2cc([N+](=O)[O-])c(OC3CCN(C(=O)OC(C)(C)C)CC3)cc2[nH]1. The Labute approximate surface area is 169 Å². The predicted octanol–water partition coefficient (Wildman–Crippen LogP) is 4.37. The van der Waals surface area contributed by atoms with E-state index in [4.69, 9.17) is 9.47 Å². The molecule has 0 saturated carbocycles. The van der Waals surface area contributed by atoms with Crippen LogP contribution in [0.4, 0.5) is 10.5 Å². The van der Waals surface area contributed by atoms with E-state index in [9.17, 15) is 14.9 Å². The number of piperidine rings is 1. The molecule has 1 amide bonds. The Morgan fingerprint density at radius 2 is 1.97 bits per heavy atom. The van der Waals surface area contributed by atoms with Gasteiger partial charge in [-0.25, -0.2) is 9.78 Å². The molecule has 1 saturated heterocycles. The molecule has 2 heterocycles. The number of carbonyl (C=O) groups excluding carboxylic acids is 1. The molecule has 1 fully saturated rings. The van der Waals surface area contributed by atoms with E-state index < -0.39 is 10.5 Å². The topological polar surface area (TPSA) is 111 Å². The summed E-state index contributed by atoms with van der Waals surface area (Å²) in [6, 6.07) is 3.09. The van der Waals surface area contributed by atoms with Crippen molar-refractivity contribution in [3.63, 3.8) is 0 Å². The predicted molar refractivity (Wildman–Crippen MR) is 108 cm³/mol. The Balaban J connectivity index is 1.72. The summed E-state index contributed by atoms with van der Waals surface area (Å²) in [5.41, 5.74) is 0.612. The summed E-state index contributed by atoms with van der Waals surface area (Å²) >= 11 is 0. The lowest BCUT2D eigenvalue weighted by molar-refractivity contribution is -0.386. The molecule has 2 aromatic rings. The monoisotopic (exact) mass is 404 g/mol. The van der Waals surface area contributed by atoms with E-state index in [-0.39, 0.29) is 29.6 Å². The average Bonchev–Trinajstić information content (AvgIpc) is 3.03. The number of hydrogen-bond acceptors (Lipinski definition) is 6. The van der Waals surface area contributed by atoms with Crippen LogP contribution < -0.4 is 4.74 Å². The lowest BCUT2D eigenvalue weighted by Gasteiger charge is -2.33. The van der Waals surface area contributed by atoms with Gasteiger partial charge in [-0.05, 0) is 20.8 Å². The lowest BCUT2D eigenvalue weighted by atomic mass is 10.1. The highest BCUT2D eigenvalue weighted by molar-refractivity contribution is 5.81. The van der Waals surface area contributed by atoms with E-state index >= 15 is 0 Å².